The molecule has 1 unspecified atom stereocenters. The number of aryl methyl sites for hydroxylation is 2. The van der Waals surface area contributed by atoms with Gasteiger partial charge in [-0.15, -0.1) is 0 Å². The highest BCUT2D eigenvalue weighted by Gasteiger charge is 2.40. The van der Waals surface area contributed by atoms with Crippen LogP contribution in [-0.2, 0) is 4.74 Å². The first-order chi connectivity index (χ1) is 14.8. The van der Waals surface area contributed by atoms with Crippen LogP contribution >= 0.6 is 22.6 Å². The molecule has 1 amide bonds. The van der Waals surface area contributed by atoms with E-state index in [4.69, 9.17) is 4.74 Å². The molecule has 158 valence electrons. The number of carbonyl (C=O) groups is 2. The minimum absolute atomic E-state index is 0.0288. The number of carbonyl (C=O) groups excluding carboxylic acids is 2. The standard InChI is InChI=1S/C26H24INO3/c1-5-31-26(30)18-10-12-19(13-11-18)28-24(20-8-6-7-9-21(20)25(28)29)22-15(2)14-16(3)23(27)17(22)4/h6-14,24H,5H2,1-4H3. The van der Waals surface area contributed by atoms with Gasteiger partial charge in [0.2, 0.25) is 0 Å². The molecule has 0 spiro atoms. The molecule has 31 heavy (non-hydrogen) atoms. The molecule has 1 aliphatic heterocycles. The lowest BCUT2D eigenvalue weighted by molar-refractivity contribution is 0.0526. The Kier molecular flexibility index (Phi) is 5.88. The Balaban J connectivity index is 1.87. The van der Waals surface area contributed by atoms with Crippen LogP contribution < -0.4 is 4.90 Å². The Hall–Kier alpha value is -2.67. The van der Waals surface area contributed by atoms with Gasteiger partial charge in [-0.1, -0.05) is 24.3 Å². The summed E-state index contributed by atoms with van der Waals surface area (Å²) in [5.74, 6) is -0.389. The van der Waals surface area contributed by atoms with Gasteiger partial charge in [0.05, 0.1) is 18.2 Å². The van der Waals surface area contributed by atoms with Crippen molar-refractivity contribution in [1.29, 1.82) is 0 Å². The van der Waals surface area contributed by atoms with Crippen LogP contribution in [-0.4, -0.2) is 18.5 Å². The zero-order chi connectivity index (χ0) is 22.3. The number of anilines is 1. The van der Waals surface area contributed by atoms with Crippen molar-refractivity contribution in [3.05, 3.63) is 97.1 Å². The van der Waals surface area contributed by atoms with E-state index in [9.17, 15) is 9.59 Å². The third-order valence-electron chi connectivity index (χ3n) is 5.83. The second kappa shape index (κ2) is 8.46. The normalized spacial score (nSPS) is 15.2. The van der Waals surface area contributed by atoms with Gasteiger partial charge >= 0.3 is 5.97 Å². The molecule has 1 heterocycles. The Morgan fingerprint density at radius 2 is 1.71 bits per heavy atom. The fraction of sp³-hybridized carbons (Fsp3) is 0.231. The summed E-state index contributed by atoms with van der Waals surface area (Å²) in [6, 6.07) is 16.9. The van der Waals surface area contributed by atoms with Crippen LogP contribution in [0.1, 0.15) is 61.5 Å². The van der Waals surface area contributed by atoms with Crippen LogP contribution in [0.4, 0.5) is 5.69 Å². The van der Waals surface area contributed by atoms with Crippen LogP contribution in [0.5, 0.6) is 0 Å². The third kappa shape index (κ3) is 3.65. The van der Waals surface area contributed by atoms with Gasteiger partial charge in [-0.25, -0.2) is 4.79 Å². The van der Waals surface area contributed by atoms with Gasteiger partial charge in [-0.05, 0) is 108 Å². The summed E-state index contributed by atoms with van der Waals surface area (Å²) < 4.78 is 6.31. The van der Waals surface area contributed by atoms with E-state index in [-0.39, 0.29) is 17.9 Å². The average molecular weight is 525 g/mol. The molecular weight excluding hydrogens is 501 g/mol. The number of amides is 1. The largest absolute Gasteiger partial charge is 0.462 e. The van der Waals surface area contributed by atoms with Crippen molar-refractivity contribution in [2.24, 2.45) is 0 Å². The number of halogens is 1. The van der Waals surface area contributed by atoms with Crippen LogP contribution in [0.25, 0.3) is 0 Å². The van der Waals surface area contributed by atoms with E-state index in [2.05, 4.69) is 49.4 Å². The van der Waals surface area contributed by atoms with Crippen molar-refractivity contribution in [3.63, 3.8) is 0 Å². The number of ether oxygens (including phenoxy) is 1. The molecular formula is C26H24INO3. The minimum atomic E-state index is -0.360. The van der Waals surface area contributed by atoms with Gasteiger partial charge < -0.3 is 4.74 Å². The number of hydrogen-bond acceptors (Lipinski definition) is 3. The fourth-order valence-corrected chi connectivity index (χ4v) is 4.88. The maximum atomic E-state index is 13.5. The Morgan fingerprint density at radius 1 is 1.03 bits per heavy atom. The van der Waals surface area contributed by atoms with E-state index < -0.39 is 0 Å². The monoisotopic (exact) mass is 525 g/mol. The smallest absolute Gasteiger partial charge is 0.338 e. The lowest BCUT2D eigenvalue weighted by atomic mass is 9.89. The van der Waals surface area contributed by atoms with Gasteiger partial charge in [0, 0.05) is 14.8 Å². The number of rotatable bonds is 4. The SMILES string of the molecule is CCOC(=O)c1ccc(N2C(=O)c3ccccc3C2c2c(C)cc(C)c(I)c2C)cc1. The zero-order valence-electron chi connectivity index (χ0n) is 18.0. The van der Waals surface area contributed by atoms with E-state index in [0.717, 1.165) is 27.9 Å². The molecule has 0 aromatic heterocycles. The molecule has 1 atom stereocenters. The first-order valence-electron chi connectivity index (χ1n) is 10.3. The lowest BCUT2D eigenvalue weighted by Crippen LogP contribution is -2.29. The van der Waals surface area contributed by atoms with E-state index in [0.29, 0.717) is 12.2 Å². The first-order valence-corrected chi connectivity index (χ1v) is 11.4. The predicted octanol–water partition coefficient (Wildman–Crippen LogP) is 6.14. The molecule has 1 aliphatic rings. The summed E-state index contributed by atoms with van der Waals surface area (Å²) in [4.78, 5) is 27.4. The molecule has 0 radical (unpaired) electrons. The molecule has 0 saturated heterocycles. The summed E-state index contributed by atoms with van der Waals surface area (Å²) in [6.45, 7) is 8.46. The second-order valence-electron chi connectivity index (χ2n) is 7.80. The highest BCUT2D eigenvalue weighted by atomic mass is 127. The van der Waals surface area contributed by atoms with E-state index in [1.54, 1.807) is 19.1 Å². The molecule has 4 nitrogen and oxygen atoms in total. The van der Waals surface area contributed by atoms with Crippen molar-refractivity contribution in [2.45, 2.75) is 33.7 Å². The van der Waals surface area contributed by atoms with Crippen molar-refractivity contribution >= 4 is 40.2 Å². The van der Waals surface area contributed by atoms with Gasteiger partial charge in [0.15, 0.2) is 0 Å². The maximum Gasteiger partial charge on any atom is 0.338 e. The highest BCUT2D eigenvalue weighted by molar-refractivity contribution is 14.1. The molecule has 5 heteroatoms. The summed E-state index contributed by atoms with van der Waals surface area (Å²) in [5, 5.41) is 0. The van der Waals surface area contributed by atoms with Gasteiger partial charge in [-0.3, -0.25) is 9.69 Å². The molecule has 0 N–H and O–H groups in total. The maximum absolute atomic E-state index is 13.5. The topological polar surface area (TPSA) is 46.6 Å². The zero-order valence-corrected chi connectivity index (χ0v) is 20.2. The number of nitrogens with zero attached hydrogens (tertiary/aromatic N) is 1. The van der Waals surface area contributed by atoms with Crippen molar-refractivity contribution in [1.82, 2.24) is 0 Å². The van der Waals surface area contributed by atoms with E-state index >= 15 is 0 Å². The third-order valence-corrected chi connectivity index (χ3v) is 7.49. The second-order valence-corrected chi connectivity index (χ2v) is 8.87. The molecule has 0 fully saturated rings. The predicted molar refractivity (Wildman–Crippen MR) is 131 cm³/mol. The minimum Gasteiger partial charge on any atom is -0.462 e. The summed E-state index contributed by atoms with van der Waals surface area (Å²) in [6.07, 6.45) is 0. The molecule has 3 aromatic carbocycles. The van der Waals surface area contributed by atoms with Crippen LogP contribution in [0, 0.1) is 24.3 Å². The molecule has 0 saturated carbocycles. The van der Waals surface area contributed by atoms with Crippen LogP contribution in [0.2, 0.25) is 0 Å². The molecule has 0 bridgehead atoms. The lowest BCUT2D eigenvalue weighted by Gasteiger charge is -2.29. The van der Waals surface area contributed by atoms with E-state index in [1.807, 2.05) is 41.3 Å². The van der Waals surface area contributed by atoms with Crippen molar-refractivity contribution < 1.29 is 14.3 Å². The average Bonchev–Trinajstić information content (AvgIpc) is 3.05. The van der Waals surface area contributed by atoms with Gasteiger partial charge in [0.1, 0.15) is 0 Å². The van der Waals surface area contributed by atoms with Gasteiger partial charge in [0.25, 0.3) is 5.91 Å². The molecule has 4 rings (SSSR count). The fourth-order valence-electron chi connectivity index (χ4n) is 4.44. The number of benzene rings is 3. The van der Waals surface area contributed by atoms with Crippen LogP contribution in [0.15, 0.2) is 54.6 Å². The van der Waals surface area contributed by atoms with Gasteiger partial charge in [-0.2, -0.15) is 0 Å². The Bertz CT molecular complexity index is 1180. The molecule has 3 aromatic rings. The molecule has 0 aliphatic carbocycles. The summed E-state index contributed by atoms with van der Waals surface area (Å²) >= 11 is 2.39. The number of hydrogen-bond donors (Lipinski definition) is 0. The first kappa shape index (κ1) is 21.6. The quantitative estimate of drug-likeness (QED) is 0.304. The summed E-state index contributed by atoms with van der Waals surface area (Å²) in [7, 11) is 0. The van der Waals surface area contributed by atoms with Crippen molar-refractivity contribution in [3.8, 4) is 0 Å². The van der Waals surface area contributed by atoms with Crippen molar-refractivity contribution in [2.75, 3.05) is 11.5 Å². The number of esters is 1. The van der Waals surface area contributed by atoms with Crippen LogP contribution in [0.3, 0.4) is 0 Å². The highest BCUT2D eigenvalue weighted by Crippen LogP contribution is 2.44. The van der Waals surface area contributed by atoms with E-state index in [1.165, 1.54) is 14.7 Å². The Labute approximate surface area is 196 Å². The summed E-state index contributed by atoms with van der Waals surface area (Å²) in [5.41, 5.74) is 7.71. The number of fused-ring (bicyclic) bond motifs is 1. The Morgan fingerprint density at radius 3 is 2.39 bits per heavy atom.